The molecule has 5 rings (SSSR count). The molecule has 0 aliphatic heterocycles. The molecule has 0 bridgehead atoms. The summed E-state index contributed by atoms with van der Waals surface area (Å²) in [7, 11) is 0. The lowest BCUT2D eigenvalue weighted by Crippen LogP contribution is -2.07. The molecule has 4 nitrogen and oxygen atoms in total. The molecule has 1 aromatic heterocycles. The van der Waals surface area contributed by atoms with Gasteiger partial charge in [0.2, 0.25) is 0 Å². The monoisotopic (exact) mass is 410 g/mol. The highest BCUT2D eigenvalue weighted by molar-refractivity contribution is 7.21. The number of aliphatic imine (C=N–C) groups is 1. The number of aliphatic hydroxyl groups excluding tert-OH is 1. The lowest BCUT2D eigenvalue weighted by Gasteiger charge is -2.03. The van der Waals surface area contributed by atoms with Gasteiger partial charge in [-0.25, -0.2) is 4.98 Å². The number of hydrogen-bond acceptors (Lipinski definition) is 5. The van der Waals surface area contributed by atoms with Gasteiger partial charge in [-0.1, -0.05) is 30.3 Å². The number of rotatable bonds is 3. The van der Waals surface area contributed by atoms with Crippen molar-refractivity contribution in [2.24, 2.45) is 4.99 Å². The molecule has 30 heavy (non-hydrogen) atoms. The molecule has 0 unspecified atom stereocenters. The van der Waals surface area contributed by atoms with Crippen molar-refractivity contribution in [3.8, 4) is 10.6 Å². The second-order valence-corrected chi connectivity index (χ2v) is 8.36. The van der Waals surface area contributed by atoms with Crippen molar-refractivity contribution in [1.29, 1.82) is 0 Å². The second-order valence-electron chi connectivity index (χ2n) is 7.33. The van der Waals surface area contributed by atoms with E-state index in [4.69, 9.17) is 4.98 Å². The Labute approximate surface area is 177 Å². The summed E-state index contributed by atoms with van der Waals surface area (Å²) < 4.78 is 1.17. The largest absolute Gasteiger partial charge is 0.506 e. The van der Waals surface area contributed by atoms with Gasteiger partial charge in [-0.3, -0.25) is 9.79 Å². The maximum atomic E-state index is 12.7. The van der Waals surface area contributed by atoms with E-state index in [1.54, 1.807) is 42.5 Å². The van der Waals surface area contributed by atoms with E-state index in [-0.39, 0.29) is 17.1 Å². The summed E-state index contributed by atoms with van der Waals surface area (Å²) in [5.41, 5.74) is 5.81. The van der Waals surface area contributed by atoms with E-state index < -0.39 is 0 Å². The molecule has 3 aromatic carbocycles. The molecule has 0 saturated heterocycles. The molecule has 0 spiro atoms. The van der Waals surface area contributed by atoms with Crippen LogP contribution in [0.4, 0.5) is 5.69 Å². The number of benzene rings is 3. The Hall–Kier alpha value is -3.57. The highest BCUT2D eigenvalue weighted by Gasteiger charge is 2.30. The number of hydrogen-bond donors (Lipinski definition) is 1. The van der Waals surface area contributed by atoms with Crippen molar-refractivity contribution in [1.82, 2.24) is 4.98 Å². The standard InChI is InChI=1S/C25H18N2O2S/c1-14-7-12-20-21(13-14)30-25(27-20)16-8-10-17(11-9-16)26-15(2)22-23(28)18-5-3-4-6-19(18)24(22)29/h3-13,28H,1-2H3. The van der Waals surface area contributed by atoms with Gasteiger partial charge in [0.05, 0.1) is 27.2 Å². The van der Waals surface area contributed by atoms with Gasteiger partial charge < -0.3 is 5.11 Å². The van der Waals surface area contributed by atoms with Crippen molar-refractivity contribution >= 4 is 44.5 Å². The third-order valence-electron chi connectivity index (χ3n) is 5.21. The minimum Gasteiger partial charge on any atom is -0.506 e. The van der Waals surface area contributed by atoms with Gasteiger partial charge in [-0.15, -0.1) is 11.3 Å². The molecule has 1 heterocycles. The number of aliphatic hydroxyl groups is 1. The Morgan fingerprint density at radius 1 is 1.00 bits per heavy atom. The van der Waals surface area contributed by atoms with Gasteiger partial charge in [0, 0.05) is 16.7 Å². The molecule has 0 amide bonds. The van der Waals surface area contributed by atoms with Gasteiger partial charge in [0.15, 0.2) is 5.78 Å². The van der Waals surface area contributed by atoms with E-state index in [0.29, 0.717) is 16.8 Å². The lowest BCUT2D eigenvalue weighted by molar-refractivity contribution is 0.104. The average Bonchev–Trinajstić information content (AvgIpc) is 3.27. The number of aryl methyl sites for hydroxylation is 1. The van der Waals surface area contributed by atoms with E-state index in [1.807, 2.05) is 30.3 Å². The third kappa shape index (κ3) is 3.04. The van der Waals surface area contributed by atoms with Gasteiger partial charge in [0.1, 0.15) is 10.8 Å². The maximum absolute atomic E-state index is 12.7. The molecule has 1 N–H and O–H groups in total. The SMILES string of the molecule is CC(=Nc1ccc(-c2nc3ccc(C)cc3s2)cc1)C1=C(O)c2ccccc2C1=O. The number of thiazole rings is 1. The molecule has 0 fully saturated rings. The third-order valence-corrected chi connectivity index (χ3v) is 6.27. The fraction of sp³-hybridized carbons (Fsp3) is 0.0800. The maximum Gasteiger partial charge on any atom is 0.199 e. The molecule has 1 aliphatic carbocycles. The first-order valence-electron chi connectivity index (χ1n) is 9.62. The Balaban J connectivity index is 1.45. The van der Waals surface area contributed by atoms with Crippen LogP contribution >= 0.6 is 11.3 Å². The number of aromatic nitrogens is 1. The van der Waals surface area contributed by atoms with Crippen LogP contribution in [-0.2, 0) is 0 Å². The summed E-state index contributed by atoms with van der Waals surface area (Å²) >= 11 is 1.67. The number of carbonyl (C=O) groups is 1. The number of carbonyl (C=O) groups excluding carboxylic acids is 1. The van der Waals surface area contributed by atoms with Gasteiger partial charge in [-0.05, 0) is 55.8 Å². The van der Waals surface area contributed by atoms with Crippen LogP contribution in [0.1, 0.15) is 28.4 Å². The summed E-state index contributed by atoms with van der Waals surface area (Å²) in [4.78, 5) is 22.0. The molecule has 0 saturated carbocycles. The summed E-state index contributed by atoms with van der Waals surface area (Å²) in [5, 5.41) is 11.5. The normalized spacial score (nSPS) is 13.9. The zero-order chi connectivity index (χ0) is 20.8. The summed E-state index contributed by atoms with van der Waals surface area (Å²) in [6.45, 7) is 3.83. The first kappa shape index (κ1) is 18.5. The summed E-state index contributed by atoms with van der Waals surface area (Å²) in [5.74, 6) is -0.191. The molecule has 0 radical (unpaired) electrons. The Morgan fingerprint density at radius 2 is 1.73 bits per heavy atom. The molecule has 0 atom stereocenters. The van der Waals surface area contributed by atoms with E-state index in [2.05, 4.69) is 24.0 Å². The summed E-state index contributed by atoms with van der Waals surface area (Å²) in [6, 6.07) is 21.1. The Kier molecular flexibility index (Phi) is 4.33. The Bertz CT molecular complexity index is 1380. The van der Waals surface area contributed by atoms with Gasteiger partial charge in [0.25, 0.3) is 0 Å². The van der Waals surface area contributed by atoms with Crippen molar-refractivity contribution in [2.45, 2.75) is 13.8 Å². The van der Waals surface area contributed by atoms with E-state index in [9.17, 15) is 9.90 Å². The van der Waals surface area contributed by atoms with Crippen molar-refractivity contribution in [3.63, 3.8) is 0 Å². The van der Waals surface area contributed by atoms with Crippen LogP contribution in [-0.4, -0.2) is 21.6 Å². The van der Waals surface area contributed by atoms with E-state index >= 15 is 0 Å². The van der Waals surface area contributed by atoms with Crippen molar-refractivity contribution in [3.05, 3.63) is 89.0 Å². The van der Waals surface area contributed by atoms with Crippen LogP contribution in [0, 0.1) is 6.92 Å². The molecule has 4 aromatic rings. The fourth-order valence-corrected chi connectivity index (χ4v) is 4.75. The second kappa shape index (κ2) is 7.04. The molecule has 5 heteroatoms. The number of nitrogens with zero attached hydrogens (tertiary/aromatic N) is 2. The van der Waals surface area contributed by atoms with Crippen molar-refractivity contribution < 1.29 is 9.90 Å². The van der Waals surface area contributed by atoms with Crippen LogP contribution in [0.5, 0.6) is 0 Å². The number of Topliss-reactive ketones (excluding diaryl/α,β-unsaturated/α-hetero) is 1. The van der Waals surface area contributed by atoms with E-state index in [0.717, 1.165) is 21.8 Å². The quantitative estimate of drug-likeness (QED) is 0.391. The number of fused-ring (bicyclic) bond motifs is 2. The average molecular weight is 410 g/mol. The predicted octanol–water partition coefficient (Wildman–Crippen LogP) is 6.53. The zero-order valence-electron chi connectivity index (χ0n) is 16.5. The predicted molar refractivity (Wildman–Crippen MR) is 123 cm³/mol. The van der Waals surface area contributed by atoms with Gasteiger partial charge in [-0.2, -0.15) is 0 Å². The van der Waals surface area contributed by atoms with Gasteiger partial charge >= 0.3 is 0 Å². The summed E-state index contributed by atoms with van der Waals surface area (Å²) in [6.07, 6.45) is 0. The lowest BCUT2D eigenvalue weighted by atomic mass is 10.1. The van der Waals surface area contributed by atoms with Crippen LogP contribution in [0.15, 0.2) is 77.3 Å². The van der Waals surface area contributed by atoms with Crippen molar-refractivity contribution in [2.75, 3.05) is 0 Å². The minimum atomic E-state index is -0.189. The van der Waals surface area contributed by atoms with Crippen LogP contribution in [0.25, 0.3) is 26.5 Å². The topological polar surface area (TPSA) is 62.6 Å². The molecule has 146 valence electrons. The highest BCUT2D eigenvalue weighted by Crippen LogP contribution is 2.34. The Morgan fingerprint density at radius 3 is 2.47 bits per heavy atom. The first-order chi connectivity index (χ1) is 14.5. The smallest absolute Gasteiger partial charge is 0.199 e. The van der Waals surface area contributed by atoms with E-state index in [1.165, 1.54) is 10.3 Å². The highest BCUT2D eigenvalue weighted by atomic mass is 32.1. The van der Waals surface area contributed by atoms with Crippen LogP contribution in [0.2, 0.25) is 0 Å². The minimum absolute atomic E-state index is 0.00163. The molecular weight excluding hydrogens is 392 g/mol. The first-order valence-corrected chi connectivity index (χ1v) is 10.4. The number of ketones is 1. The van der Waals surface area contributed by atoms with Crippen LogP contribution in [0.3, 0.4) is 0 Å². The molecular formula is C25H18N2O2S. The van der Waals surface area contributed by atoms with Crippen LogP contribution < -0.4 is 0 Å². The molecule has 1 aliphatic rings. The number of allylic oxidation sites excluding steroid dienone is 1. The fourth-order valence-electron chi connectivity index (χ4n) is 3.68. The zero-order valence-corrected chi connectivity index (χ0v) is 17.3.